The van der Waals surface area contributed by atoms with Crippen LogP contribution in [0.2, 0.25) is 0 Å². The summed E-state index contributed by atoms with van der Waals surface area (Å²) in [6.45, 7) is 7.31. The Morgan fingerprint density at radius 3 is 2.48 bits per heavy atom. The molecule has 0 bridgehead atoms. The molecule has 1 aromatic heterocycles. The first-order chi connectivity index (χ1) is 10.8. The van der Waals surface area contributed by atoms with Gasteiger partial charge in [0.25, 0.3) is 0 Å². The Bertz CT molecular complexity index is 554. The lowest BCUT2D eigenvalue weighted by Crippen LogP contribution is -2.41. The van der Waals surface area contributed by atoms with Gasteiger partial charge in [-0.05, 0) is 19.3 Å². The first-order valence-electron chi connectivity index (χ1n) is 8.17. The molecule has 1 fully saturated rings. The number of hydrogen-bond acceptors (Lipinski definition) is 5. The second-order valence-corrected chi connectivity index (χ2v) is 7.17. The molecule has 0 saturated carbocycles. The number of rotatable bonds is 5. The predicted molar refractivity (Wildman–Crippen MR) is 84.4 cm³/mol. The molecule has 0 unspecified atom stereocenters. The first kappa shape index (κ1) is 17.4. The zero-order valence-electron chi connectivity index (χ0n) is 14.2. The Balaban J connectivity index is 1.73. The normalized spacial score (nSPS) is 16.6. The van der Waals surface area contributed by atoms with Gasteiger partial charge in [0.1, 0.15) is 0 Å². The molecular formula is C16H26N4O3. The first-order valence-corrected chi connectivity index (χ1v) is 8.17. The second-order valence-electron chi connectivity index (χ2n) is 7.17. The Morgan fingerprint density at radius 1 is 1.30 bits per heavy atom. The molecule has 23 heavy (non-hydrogen) atoms. The molecule has 7 heteroatoms. The third-order valence-corrected chi connectivity index (χ3v) is 4.17. The van der Waals surface area contributed by atoms with Crippen molar-refractivity contribution in [1.29, 1.82) is 0 Å². The van der Waals surface area contributed by atoms with Gasteiger partial charge in [-0.3, -0.25) is 9.59 Å². The number of aryl methyl sites for hydroxylation is 1. The van der Waals surface area contributed by atoms with Crippen molar-refractivity contribution in [1.82, 2.24) is 15.0 Å². The van der Waals surface area contributed by atoms with Crippen molar-refractivity contribution in [3.8, 4) is 0 Å². The topological polar surface area (TPSA) is 102 Å². The fourth-order valence-corrected chi connectivity index (χ4v) is 2.62. The average Bonchev–Trinajstić information content (AvgIpc) is 2.96. The van der Waals surface area contributed by atoms with Crippen LogP contribution in [0.3, 0.4) is 0 Å². The standard InChI is InChI=1S/C16H26N4O3/c1-16(2,3)15-18-12(23-19-15)5-4-6-13(21)20-9-7-11(8-10-20)14(17)22/h11H,4-10H2,1-3H3,(H2,17,22). The highest BCUT2D eigenvalue weighted by Gasteiger charge is 2.26. The van der Waals surface area contributed by atoms with E-state index in [1.807, 2.05) is 25.7 Å². The van der Waals surface area contributed by atoms with E-state index in [9.17, 15) is 9.59 Å². The van der Waals surface area contributed by atoms with Crippen LogP contribution in [0, 0.1) is 5.92 Å². The summed E-state index contributed by atoms with van der Waals surface area (Å²) in [6, 6.07) is 0. The largest absolute Gasteiger partial charge is 0.369 e. The van der Waals surface area contributed by atoms with Crippen LogP contribution in [0.5, 0.6) is 0 Å². The molecule has 0 aliphatic carbocycles. The minimum absolute atomic E-state index is 0.0896. The predicted octanol–water partition coefficient (Wildman–Crippen LogP) is 1.41. The number of piperidine rings is 1. The quantitative estimate of drug-likeness (QED) is 0.883. The van der Waals surface area contributed by atoms with Crippen LogP contribution >= 0.6 is 0 Å². The fourth-order valence-electron chi connectivity index (χ4n) is 2.62. The molecule has 0 radical (unpaired) electrons. The number of hydrogen-bond donors (Lipinski definition) is 1. The van der Waals surface area contributed by atoms with E-state index >= 15 is 0 Å². The summed E-state index contributed by atoms with van der Waals surface area (Å²) in [4.78, 5) is 29.5. The average molecular weight is 322 g/mol. The van der Waals surface area contributed by atoms with Gasteiger partial charge < -0.3 is 15.2 Å². The number of aromatic nitrogens is 2. The van der Waals surface area contributed by atoms with Crippen LogP contribution in [-0.2, 0) is 21.4 Å². The smallest absolute Gasteiger partial charge is 0.226 e. The number of amides is 2. The SMILES string of the molecule is CC(C)(C)c1noc(CCCC(=O)N2CCC(C(N)=O)CC2)n1. The van der Waals surface area contributed by atoms with Crippen molar-refractivity contribution >= 4 is 11.8 Å². The summed E-state index contributed by atoms with van der Waals surface area (Å²) in [6.07, 6.45) is 3.07. The number of nitrogens with zero attached hydrogens (tertiary/aromatic N) is 3. The zero-order chi connectivity index (χ0) is 17.0. The maximum atomic E-state index is 12.2. The van der Waals surface area contributed by atoms with Gasteiger partial charge >= 0.3 is 0 Å². The number of likely N-dealkylation sites (tertiary alicyclic amines) is 1. The molecule has 1 aliphatic rings. The molecule has 2 rings (SSSR count). The van der Waals surface area contributed by atoms with E-state index in [1.54, 1.807) is 0 Å². The van der Waals surface area contributed by atoms with E-state index < -0.39 is 0 Å². The number of nitrogens with two attached hydrogens (primary N) is 1. The lowest BCUT2D eigenvalue weighted by molar-refractivity contribution is -0.134. The molecule has 7 nitrogen and oxygen atoms in total. The summed E-state index contributed by atoms with van der Waals surface area (Å²) in [5, 5.41) is 3.97. The molecule has 2 N–H and O–H groups in total. The van der Waals surface area contributed by atoms with Crippen LogP contribution in [0.1, 0.15) is 58.2 Å². The van der Waals surface area contributed by atoms with E-state index in [0.29, 0.717) is 56.9 Å². The van der Waals surface area contributed by atoms with Gasteiger partial charge in [-0.25, -0.2) is 0 Å². The molecule has 1 saturated heterocycles. The maximum absolute atomic E-state index is 12.2. The Kier molecular flexibility index (Phi) is 5.38. The van der Waals surface area contributed by atoms with Crippen LogP contribution in [0.15, 0.2) is 4.52 Å². The lowest BCUT2D eigenvalue weighted by atomic mass is 9.96. The highest BCUT2D eigenvalue weighted by atomic mass is 16.5. The highest BCUT2D eigenvalue weighted by molar-refractivity contribution is 5.78. The van der Waals surface area contributed by atoms with Crippen LogP contribution in [0.4, 0.5) is 0 Å². The van der Waals surface area contributed by atoms with Crippen LogP contribution < -0.4 is 5.73 Å². The molecule has 1 aliphatic heterocycles. The summed E-state index contributed by atoms with van der Waals surface area (Å²) in [5.41, 5.74) is 5.16. The number of carbonyl (C=O) groups is 2. The van der Waals surface area contributed by atoms with Gasteiger partial charge in [0.05, 0.1) is 0 Å². The zero-order valence-corrected chi connectivity index (χ0v) is 14.2. The Hall–Kier alpha value is -1.92. The molecule has 2 heterocycles. The van der Waals surface area contributed by atoms with Crippen LogP contribution in [-0.4, -0.2) is 39.9 Å². The van der Waals surface area contributed by atoms with Gasteiger partial charge in [0, 0.05) is 37.3 Å². The van der Waals surface area contributed by atoms with Crippen molar-refractivity contribution in [3.05, 3.63) is 11.7 Å². The van der Waals surface area contributed by atoms with Crippen LogP contribution in [0.25, 0.3) is 0 Å². The van der Waals surface area contributed by atoms with Gasteiger partial charge in [-0.15, -0.1) is 0 Å². The second kappa shape index (κ2) is 7.10. The van der Waals surface area contributed by atoms with E-state index in [4.69, 9.17) is 10.3 Å². The van der Waals surface area contributed by atoms with E-state index in [-0.39, 0.29) is 23.1 Å². The van der Waals surface area contributed by atoms with Crippen molar-refractivity contribution in [2.24, 2.45) is 11.7 Å². The molecule has 0 aromatic carbocycles. The third-order valence-electron chi connectivity index (χ3n) is 4.17. The number of carbonyl (C=O) groups excluding carboxylic acids is 2. The van der Waals surface area contributed by atoms with Gasteiger partial charge in [-0.2, -0.15) is 4.98 Å². The summed E-state index contributed by atoms with van der Waals surface area (Å²) in [7, 11) is 0. The Morgan fingerprint density at radius 2 is 1.96 bits per heavy atom. The minimum Gasteiger partial charge on any atom is -0.369 e. The van der Waals surface area contributed by atoms with Gasteiger partial charge in [0.2, 0.25) is 17.7 Å². The minimum atomic E-state index is -0.261. The van der Waals surface area contributed by atoms with Gasteiger partial charge in [-0.1, -0.05) is 25.9 Å². The highest BCUT2D eigenvalue weighted by Crippen LogP contribution is 2.20. The molecule has 0 atom stereocenters. The number of primary amides is 1. The monoisotopic (exact) mass is 322 g/mol. The van der Waals surface area contributed by atoms with Crippen molar-refractivity contribution in [2.45, 2.75) is 58.3 Å². The summed E-state index contributed by atoms with van der Waals surface area (Å²) >= 11 is 0. The summed E-state index contributed by atoms with van der Waals surface area (Å²) < 4.78 is 5.22. The molecule has 0 spiro atoms. The van der Waals surface area contributed by atoms with Gasteiger partial charge in [0.15, 0.2) is 5.82 Å². The molecule has 128 valence electrons. The summed E-state index contributed by atoms with van der Waals surface area (Å²) in [5.74, 6) is 1.03. The van der Waals surface area contributed by atoms with Crippen molar-refractivity contribution in [2.75, 3.05) is 13.1 Å². The molecule has 1 aromatic rings. The lowest BCUT2D eigenvalue weighted by Gasteiger charge is -2.30. The van der Waals surface area contributed by atoms with E-state index in [2.05, 4.69) is 10.1 Å². The van der Waals surface area contributed by atoms with E-state index in [1.165, 1.54) is 0 Å². The van der Waals surface area contributed by atoms with Crippen molar-refractivity contribution in [3.63, 3.8) is 0 Å². The fraction of sp³-hybridized carbons (Fsp3) is 0.750. The van der Waals surface area contributed by atoms with Crippen molar-refractivity contribution < 1.29 is 14.1 Å². The molecular weight excluding hydrogens is 296 g/mol. The Labute approximate surface area is 136 Å². The third kappa shape index (κ3) is 4.77. The molecule has 2 amide bonds. The van der Waals surface area contributed by atoms with E-state index in [0.717, 1.165) is 0 Å². The maximum Gasteiger partial charge on any atom is 0.226 e.